The van der Waals surface area contributed by atoms with Crippen molar-refractivity contribution in [1.29, 1.82) is 0 Å². The Hall–Kier alpha value is -2.27. The third-order valence-corrected chi connectivity index (χ3v) is 2.86. The fraction of sp³-hybridized carbons (Fsp3) is 0.267. The third-order valence-electron chi connectivity index (χ3n) is 2.86. The van der Waals surface area contributed by atoms with Gasteiger partial charge in [0.05, 0.1) is 26.3 Å². The summed E-state index contributed by atoms with van der Waals surface area (Å²) in [6, 6.07) is 9.49. The average molecular weight is 275 g/mol. The molecule has 0 amide bonds. The van der Waals surface area contributed by atoms with Gasteiger partial charge in [0.15, 0.2) is 0 Å². The molecule has 0 radical (unpaired) electrons. The van der Waals surface area contributed by atoms with Crippen molar-refractivity contribution in [2.75, 3.05) is 14.2 Å². The van der Waals surface area contributed by atoms with Crippen LogP contribution in [0.15, 0.2) is 41.0 Å². The van der Waals surface area contributed by atoms with Gasteiger partial charge in [-0.3, -0.25) is 0 Å². The van der Waals surface area contributed by atoms with Gasteiger partial charge in [0.25, 0.3) is 0 Å². The fourth-order valence-corrected chi connectivity index (χ4v) is 1.77. The van der Waals surface area contributed by atoms with Crippen LogP contribution in [-0.2, 0) is 17.8 Å². The molecule has 0 saturated carbocycles. The molecule has 0 aliphatic rings. The predicted molar refractivity (Wildman–Crippen MR) is 73.6 cm³/mol. The minimum Gasteiger partial charge on any atom is -0.497 e. The largest absolute Gasteiger partial charge is 0.497 e. The highest BCUT2D eigenvalue weighted by Gasteiger charge is 2.09. The van der Waals surface area contributed by atoms with Crippen LogP contribution in [0, 0.1) is 0 Å². The van der Waals surface area contributed by atoms with Gasteiger partial charge >= 0.3 is 5.97 Å². The Morgan fingerprint density at radius 1 is 1.20 bits per heavy atom. The van der Waals surface area contributed by atoms with Crippen molar-refractivity contribution >= 4 is 5.97 Å². The molecule has 0 fully saturated rings. The molecule has 0 aliphatic carbocycles. The van der Waals surface area contributed by atoms with E-state index in [1.54, 1.807) is 13.2 Å². The normalized spacial score (nSPS) is 10.3. The van der Waals surface area contributed by atoms with E-state index < -0.39 is 5.97 Å². The summed E-state index contributed by atoms with van der Waals surface area (Å²) in [5, 5.41) is 3.24. The lowest BCUT2D eigenvalue weighted by Crippen LogP contribution is -2.12. The van der Waals surface area contributed by atoms with Crippen LogP contribution in [0.1, 0.15) is 21.7 Å². The summed E-state index contributed by atoms with van der Waals surface area (Å²) in [7, 11) is 2.99. The van der Waals surface area contributed by atoms with Crippen LogP contribution >= 0.6 is 0 Å². The molecule has 1 N–H and O–H groups in total. The van der Waals surface area contributed by atoms with Crippen LogP contribution in [-0.4, -0.2) is 20.2 Å². The zero-order valence-electron chi connectivity index (χ0n) is 11.5. The van der Waals surface area contributed by atoms with E-state index in [1.807, 2.05) is 24.3 Å². The van der Waals surface area contributed by atoms with Gasteiger partial charge in [0.1, 0.15) is 17.8 Å². The molecule has 1 heterocycles. The lowest BCUT2D eigenvalue weighted by molar-refractivity contribution is 0.0600. The summed E-state index contributed by atoms with van der Waals surface area (Å²) < 4.78 is 15.0. The van der Waals surface area contributed by atoms with E-state index in [1.165, 1.54) is 13.4 Å². The molecule has 0 aliphatic heterocycles. The fourth-order valence-electron chi connectivity index (χ4n) is 1.77. The molecule has 2 aromatic rings. The number of esters is 1. The third kappa shape index (κ3) is 3.61. The molecule has 0 atom stereocenters. The lowest BCUT2D eigenvalue weighted by atomic mass is 10.2. The molecule has 2 rings (SSSR count). The minimum absolute atomic E-state index is 0.393. The van der Waals surface area contributed by atoms with Gasteiger partial charge < -0.3 is 19.2 Å². The number of methoxy groups -OCH3 is 2. The summed E-state index contributed by atoms with van der Waals surface area (Å²) in [5.74, 6) is 1.14. The molecule has 0 bridgehead atoms. The first kappa shape index (κ1) is 14.1. The van der Waals surface area contributed by atoms with Crippen molar-refractivity contribution < 1.29 is 18.7 Å². The van der Waals surface area contributed by atoms with Gasteiger partial charge in [-0.05, 0) is 23.8 Å². The first-order chi connectivity index (χ1) is 9.72. The Bertz CT molecular complexity index is 560. The molecule has 5 nitrogen and oxygen atoms in total. The number of ether oxygens (including phenoxy) is 2. The van der Waals surface area contributed by atoms with Crippen LogP contribution < -0.4 is 10.1 Å². The highest BCUT2D eigenvalue weighted by atomic mass is 16.5. The van der Waals surface area contributed by atoms with E-state index in [-0.39, 0.29) is 0 Å². The van der Waals surface area contributed by atoms with E-state index in [4.69, 9.17) is 9.15 Å². The number of hydrogen-bond acceptors (Lipinski definition) is 5. The van der Waals surface area contributed by atoms with E-state index in [2.05, 4.69) is 10.1 Å². The van der Waals surface area contributed by atoms with Crippen LogP contribution in [0.5, 0.6) is 5.75 Å². The molecule has 0 spiro atoms. The summed E-state index contributed by atoms with van der Waals surface area (Å²) in [6.07, 6.45) is 1.40. The number of furan rings is 1. The zero-order valence-corrected chi connectivity index (χ0v) is 11.5. The maximum Gasteiger partial charge on any atom is 0.341 e. The molecule has 5 heteroatoms. The van der Waals surface area contributed by atoms with Crippen molar-refractivity contribution in [2.45, 2.75) is 13.1 Å². The second-order valence-corrected chi connectivity index (χ2v) is 4.24. The Kier molecular flexibility index (Phi) is 4.79. The standard InChI is InChI=1S/C15H17NO4/c1-18-13-5-3-11(4-6-13)8-16-9-14-7-12(10-20-14)15(17)19-2/h3-7,10,16H,8-9H2,1-2H3. The summed E-state index contributed by atoms with van der Waals surface area (Å²) in [5.41, 5.74) is 1.57. The van der Waals surface area contributed by atoms with Crippen LogP contribution in [0.25, 0.3) is 0 Å². The van der Waals surface area contributed by atoms with Crippen molar-refractivity contribution in [3.8, 4) is 5.75 Å². The lowest BCUT2D eigenvalue weighted by Gasteiger charge is -2.04. The van der Waals surface area contributed by atoms with Gasteiger partial charge in [-0.25, -0.2) is 4.79 Å². The number of hydrogen-bond donors (Lipinski definition) is 1. The first-order valence-electron chi connectivity index (χ1n) is 6.22. The van der Waals surface area contributed by atoms with Crippen LogP contribution in [0.2, 0.25) is 0 Å². The van der Waals surface area contributed by atoms with E-state index in [9.17, 15) is 4.79 Å². The van der Waals surface area contributed by atoms with Gasteiger partial charge in [-0.15, -0.1) is 0 Å². The Morgan fingerprint density at radius 2 is 1.95 bits per heavy atom. The molecular weight excluding hydrogens is 258 g/mol. The predicted octanol–water partition coefficient (Wildman–Crippen LogP) is 2.36. The first-order valence-corrected chi connectivity index (χ1v) is 6.22. The second-order valence-electron chi connectivity index (χ2n) is 4.24. The molecule has 1 aromatic heterocycles. The van der Waals surface area contributed by atoms with E-state index >= 15 is 0 Å². The maximum atomic E-state index is 11.3. The summed E-state index contributed by atoms with van der Waals surface area (Å²) >= 11 is 0. The van der Waals surface area contributed by atoms with Crippen LogP contribution in [0.3, 0.4) is 0 Å². The summed E-state index contributed by atoms with van der Waals surface area (Å²) in [4.78, 5) is 11.3. The maximum absolute atomic E-state index is 11.3. The SMILES string of the molecule is COC(=O)c1coc(CNCc2ccc(OC)cc2)c1. The Morgan fingerprint density at radius 3 is 2.60 bits per heavy atom. The van der Waals surface area contributed by atoms with Crippen molar-refractivity contribution in [3.63, 3.8) is 0 Å². The minimum atomic E-state index is -0.393. The monoisotopic (exact) mass is 275 g/mol. The van der Waals surface area contributed by atoms with E-state index in [0.29, 0.717) is 24.4 Å². The highest BCUT2D eigenvalue weighted by molar-refractivity contribution is 5.88. The number of carbonyl (C=O) groups excluding carboxylic acids is 1. The molecule has 106 valence electrons. The smallest absolute Gasteiger partial charge is 0.341 e. The Balaban J connectivity index is 1.83. The number of benzene rings is 1. The molecule has 1 aromatic carbocycles. The van der Waals surface area contributed by atoms with Gasteiger partial charge in [-0.1, -0.05) is 12.1 Å². The molecule has 20 heavy (non-hydrogen) atoms. The summed E-state index contributed by atoms with van der Waals surface area (Å²) in [6.45, 7) is 1.25. The average Bonchev–Trinajstić information content (AvgIpc) is 2.96. The zero-order chi connectivity index (χ0) is 14.4. The number of nitrogens with one attached hydrogen (secondary N) is 1. The van der Waals surface area contributed by atoms with Gasteiger partial charge in [0.2, 0.25) is 0 Å². The van der Waals surface area contributed by atoms with Crippen molar-refractivity contribution in [2.24, 2.45) is 0 Å². The quantitative estimate of drug-likeness (QED) is 0.820. The second kappa shape index (κ2) is 6.77. The van der Waals surface area contributed by atoms with E-state index in [0.717, 1.165) is 11.3 Å². The number of carbonyl (C=O) groups is 1. The molecule has 0 unspecified atom stereocenters. The topological polar surface area (TPSA) is 60.7 Å². The Labute approximate surface area is 117 Å². The molecule has 0 saturated heterocycles. The van der Waals surface area contributed by atoms with Crippen LogP contribution in [0.4, 0.5) is 0 Å². The number of rotatable bonds is 6. The highest BCUT2D eigenvalue weighted by Crippen LogP contribution is 2.12. The van der Waals surface area contributed by atoms with Crippen molar-refractivity contribution in [1.82, 2.24) is 5.32 Å². The van der Waals surface area contributed by atoms with Gasteiger partial charge in [-0.2, -0.15) is 0 Å². The molecular formula is C15H17NO4. The van der Waals surface area contributed by atoms with Gasteiger partial charge in [0, 0.05) is 6.54 Å². The van der Waals surface area contributed by atoms with Crippen molar-refractivity contribution in [3.05, 3.63) is 53.5 Å².